The second kappa shape index (κ2) is 13.4. The van der Waals surface area contributed by atoms with Gasteiger partial charge in [-0.1, -0.05) is 48.7 Å². The highest BCUT2D eigenvalue weighted by molar-refractivity contribution is 6.33. The van der Waals surface area contributed by atoms with Crippen molar-refractivity contribution in [3.8, 4) is 0 Å². The maximum absolute atomic E-state index is 12.0. The Hall–Kier alpha value is -1.83. The number of rotatable bonds is 10. The summed E-state index contributed by atoms with van der Waals surface area (Å²) in [6, 6.07) is 0. The summed E-state index contributed by atoms with van der Waals surface area (Å²) in [7, 11) is 0. The van der Waals surface area contributed by atoms with Crippen LogP contribution in [0, 0.1) is 5.41 Å². The molecule has 0 saturated carbocycles. The zero-order chi connectivity index (χ0) is 20.9. The van der Waals surface area contributed by atoms with E-state index in [0.29, 0.717) is 17.0 Å². The summed E-state index contributed by atoms with van der Waals surface area (Å²) in [5.74, 6) is -0.176. The fourth-order valence-corrected chi connectivity index (χ4v) is 2.59. The number of hydrogen-bond donors (Lipinski definition) is 1. The lowest BCUT2D eigenvalue weighted by Gasteiger charge is -2.20. The normalized spacial score (nSPS) is 13.1. The van der Waals surface area contributed by atoms with E-state index in [4.69, 9.17) is 21.7 Å². The Morgan fingerprint density at radius 2 is 1.93 bits per heavy atom. The van der Waals surface area contributed by atoms with Crippen molar-refractivity contribution < 1.29 is 9.53 Å². The van der Waals surface area contributed by atoms with Gasteiger partial charge in [-0.25, -0.2) is 0 Å². The summed E-state index contributed by atoms with van der Waals surface area (Å²) < 4.78 is 5.41. The fourth-order valence-electron chi connectivity index (χ4n) is 2.42. The van der Waals surface area contributed by atoms with Crippen LogP contribution in [0.3, 0.4) is 0 Å². The molecule has 0 aliphatic rings. The molecule has 4 heteroatoms. The van der Waals surface area contributed by atoms with E-state index in [1.807, 2.05) is 46.8 Å². The average Bonchev–Trinajstić information content (AvgIpc) is 2.56. The first-order valence-electron chi connectivity index (χ1n) is 9.49. The topological polar surface area (TPSA) is 50.2 Å². The first kappa shape index (κ1) is 25.2. The lowest BCUT2D eigenvalue weighted by molar-refractivity contribution is -0.153. The van der Waals surface area contributed by atoms with Crippen LogP contribution in [0.5, 0.6) is 0 Å². The molecule has 0 fully saturated rings. The minimum absolute atomic E-state index is 0.176. The van der Waals surface area contributed by atoms with Crippen LogP contribution in [-0.4, -0.2) is 17.8 Å². The molecule has 0 aromatic heterocycles. The van der Waals surface area contributed by atoms with Crippen molar-refractivity contribution in [1.29, 1.82) is 5.41 Å². The average molecular weight is 392 g/mol. The van der Waals surface area contributed by atoms with Crippen molar-refractivity contribution in [3.05, 3.63) is 51.8 Å². The lowest BCUT2D eigenvalue weighted by atomic mass is 10.0. The van der Waals surface area contributed by atoms with Crippen molar-refractivity contribution in [3.63, 3.8) is 0 Å². The van der Waals surface area contributed by atoms with Crippen LogP contribution in [-0.2, 0) is 9.53 Å². The molecule has 150 valence electrons. The molecule has 0 aromatic carbocycles. The molecular weight excluding hydrogens is 358 g/mol. The van der Waals surface area contributed by atoms with Crippen LogP contribution in [0.2, 0.25) is 0 Å². The van der Waals surface area contributed by atoms with Gasteiger partial charge < -0.3 is 10.1 Å². The third kappa shape index (κ3) is 12.2. The van der Waals surface area contributed by atoms with Crippen LogP contribution in [0.1, 0.15) is 73.6 Å². The Bertz CT molecular complexity index is 654. The van der Waals surface area contributed by atoms with Gasteiger partial charge in [0.25, 0.3) is 0 Å². The van der Waals surface area contributed by atoms with Crippen LogP contribution in [0.25, 0.3) is 0 Å². The van der Waals surface area contributed by atoms with E-state index in [2.05, 4.69) is 18.7 Å². The number of allylic oxidation sites excluding steroid dienone is 6. The van der Waals surface area contributed by atoms with Gasteiger partial charge in [-0.05, 0) is 60.0 Å². The SMILES string of the molecule is CC=C=C(C)/C(Cl)=C(C=N)/C=C/CC/C=C(\CCC)CC(=O)OC(C)(C)C. The van der Waals surface area contributed by atoms with Gasteiger partial charge in [-0.2, -0.15) is 0 Å². The summed E-state index contributed by atoms with van der Waals surface area (Å²) in [6.45, 7) is 11.5. The molecule has 0 amide bonds. The van der Waals surface area contributed by atoms with Crippen LogP contribution in [0.15, 0.2) is 51.8 Å². The van der Waals surface area contributed by atoms with Crippen LogP contribution < -0.4 is 0 Å². The van der Waals surface area contributed by atoms with Crippen molar-refractivity contribution in [2.75, 3.05) is 0 Å². The number of nitrogens with one attached hydrogen (secondary N) is 1. The van der Waals surface area contributed by atoms with E-state index in [9.17, 15) is 4.79 Å². The zero-order valence-corrected chi connectivity index (χ0v) is 18.4. The molecule has 0 spiro atoms. The van der Waals surface area contributed by atoms with Crippen molar-refractivity contribution in [1.82, 2.24) is 0 Å². The highest BCUT2D eigenvalue weighted by Gasteiger charge is 2.16. The van der Waals surface area contributed by atoms with Gasteiger partial charge in [0, 0.05) is 17.4 Å². The number of carbonyl (C=O) groups is 1. The Morgan fingerprint density at radius 3 is 2.44 bits per heavy atom. The van der Waals surface area contributed by atoms with E-state index in [1.165, 1.54) is 6.21 Å². The third-order valence-corrected chi connectivity index (χ3v) is 4.03. The maximum Gasteiger partial charge on any atom is 0.310 e. The Balaban J connectivity index is 4.88. The second-order valence-corrected chi connectivity index (χ2v) is 7.70. The minimum Gasteiger partial charge on any atom is -0.460 e. The van der Waals surface area contributed by atoms with Gasteiger partial charge in [0.2, 0.25) is 0 Å². The predicted molar refractivity (Wildman–Crippen MR) is 116 cm³/mol. The summed E-state index contributed by atoms with van der Waals surface area (Å²) in [4.78, 5) is 12.0. The van der Waals surface area contributed by atoms with E-state index < -0.39 is 5.60 Å². The molecule has 0 aliphatic heterocycles. The molecule has 0 unspecified atom stereocenters. The summed E-state index contributed by atoms with van der Waals surface area (Å²) in [5, 5.41) is 8.07. The molecule has 0 aromatic rings. The highest BCUT2D eigenvalue weighted by atomic mass is 35.5. The summed E-state index contributed by atoms with van der Waals surface area (Å²) in [6.07, 6.45) is 12.9. The Labute approximate surface area is 170 Å². The molecular formula is C23H34ClNO2. The molecule has 0 radical (unpaired) electrons. The van der Waals surface area contributed by atoms with E-state index >= 15 is 0 Å². The first-order valence-corrected chi connectivity index (χ1v) is 9.87. The lowest BCUT2D eigenvalue weighted by Crippen LogP contribution is -2.24. The summed E-state index contributed by atoms with van der Waals surface area (Å²) >= 11 is 6.29. The standard InChI is InChI=1S/C23H34ClNO2/c1-7-12-18(3)22(24)20(17-25)15-11-9-10-14-19(13-8-2)16-21(26)27-23(4,5)6/h7,11,14-15,17,25H,8-10,13,16H2,1-6H3/b15-11+,19-14+,22-20+,25-17?. The largest absolute Gasteiger partial charge is 0.460 e. The molecule has 0 saturated heterocycles. The quantitative estimate of drug-likeness (QED) is 0.108. The van der Waals surface area contributed by atoms with Gasteiger partial charge in [-0.3, -0.25) is 4.79 Å². The van der Waals surface area contributed by atoms with Gasteiger partial charge in [0.05, 0.1) is 11.5 Å². The van der Waals surface area contributed by atoms with Gasteiger partial charge >= 0.3 is 5.97 Å². The highest BCUT2D eigenvalue weighted by Crippen LogP contribution is 2.19. The maximum atomic E-state index is 12.0. The van der Waals surface area contributed by atoms with Gasteiger partial charge in [0.15, 0.2) is 0 Å². The predicted octanol–water partition coefficient (Wildman–Crippen LogP) is 7.04. The Kier molecular flexibility index (Phi) is 12.5. The monoisotopic (exact) mass is 391 g/mol. The van der Waals surface area contributed by atoms with E-state index in [0.717, 1.165) is 36.8 Å². The molecule has 27 heavy (non-hydrogen) atoms. The number of esters is 1. The molecule has 0 aliphatic carbocycles. The van der Waals surface area contributed by atoms with Crippen LogP contribution >= 0.6 is 11.6 Å². The molecule has 1 N–H and O–H groups in total. The zero-order valence-electron chi connectivity index (χ0n) is 17.6. The first-order chi connectivity index (χ1) is 12.6. The van der Waals surface area contributed by atoms with Crippen molar-refractivity contribution in [2.24, 2.45) is 0 Å². The summed E-state index contributed by atoms with van der Waals surface area (Å²) in [5.41, 5.74) is 5.17. The molecule has 0 rings (SSSR count). The van der Waals surface area contributed by atoms with Gasteiger partial charge in [0.1, 0.15) is 5.60 Å². The number of unbranched alkanes of at least 4 members (excludes halogenated alkanes) is 1. The van der Waals surface area contributed by atoms with Gasteiger partial charge in [-0.15, -0.1) is 5.73 Å². The molecule has 3 nitrogen and oxygen atoms in total. The third-order valence-electron chi connectivity index (χ3n) is 3.53. The minimum atomic E-state index is -0.453. The number of halogens is 1. The van der Waals surface area contributed by atoms with Crippen molar-refractivity contribution >= 4 is 23.8 Å². The smallest absolute Gasteiger partial charge is 0.310 e. The van der Waals surface area contributed by atoms with E-state index in [-0.39, 0.29) is 5.97 Å². The Morgan fingerprint density at radius 1 is 1.26 bits per heavy atom. The number of ether oxygens (including phenoxy) is 1. The van der Waals surface area contributed by atoms with Crippen LogP contribution in [0.4, 0.5) is 0 Å². The van der Waals surface area contributed by atoms with Crippen molar-refractivity contribution in [2.45, 2.75) is 79.2 Å². The molecule has 0 bridgehead atoms. The second-order valence-electron chi connectivity index (χ2n) is 7.33. The number of hydrogen-bond acceptors (Lipinski definition) is 3. The number of carbonyl (C=O) groups excluding carboxylic acids is 1. The molecule has 0 heterocycles. The fraction of sp³-hybridized carbons (Fsp3) is 0.522. The molecule has 0 atom stereocenters. The van der Waals surface area contributed by atoms with E-state index in [1.54, 1.807) is 6.08 Å².